The Morgan fingerprint density at radius 2 is 1.97 bits per heavy atom. The van der Waals surface area contributed by atoms with Gasteiger partial charge >= 0.3 is 0 Å². The molecule has 0 N–H and O–H groups in total. The molecule has 0 saturated heterocycles. The van der Waals surface area contributed by atoms with Gasteiger partial charge in [0.15, 0.2) is 5.16 Å². The first-order valence-corrected chi connectivity index (χ1v) is 12.2. The van der Waals surface area contributed by atoms with Crippen LogP contribution < -0.4 is 4.74 Å². The fourth-order valence-corrected chi connectivity index (χ4v) is 5.08. The predicted octanol–water partition coefficient (Wildman–Crippen LogP) is 6.20. The highest BCUT2D eigenvalue weighted by Gasteiger charge is 2.11. The van der Waals surface area contributed by atoms with Gasteiger partial charge in [-0.1, -0.05) is 53.7 Å². The van der Waals surface area contributed by atoms with E-state index in [9.17, 15) is 0 Å². The first-order chi connectivity index (χ1) is 15.1. The average Bonchev–Trinajstić information content (AvgIpc) is 3.39. The van der Waals surface area contributed by atoms with Crippen molar-refractivity contribution in [2.24, 2.45) is 7.05 Å². The summed E-state index contributed by atoms with van der Waals surface area (Å²) in [5.41, 5.74) is 3.26. The topological polar surface area (TPSA) is 52.8 Å². The van der Waals surface area contributed by atoms with Crippen LogP contribution in [0.15, 0.2) is 59.1 Å². The van der Waals surface area contributed by atoms with Gasteiger partial charge in [0.05, 0.1) is 12.3 Å². The second-order valence-corrected chi connectivity index (χ2v) is 9.36. The second kappa shape index (κ2) is 10.3. The highest BCUT2D eigenvalue weighted by atomic mass is 35.5. The number of halogens is 1. The van der Waals surface area contributed by atoms with Crippen LogP contribution in [-0.4, -0.2) is 26.4 Å². The monoisotopic (exact) mass is 470 g/mol. The van der Waals surface area contributed by atoms with Crippen LogP contribution >= 0.6 is 34.7 Å². The Hall–Kier alpha value is -2.35. The van der Waals surface area contributed by atoms with Gasteiger partial charge in [-0.3, -0.25) is 0 Å². The lowest BCUT2D eigenvalue weighted by Crippen LogP contribution is -2.04. The minimum absolute atomic E-state index is 0.624. The van der Waals surface area contributed by atoms with E-state index in [-0.39, 0.29) is 0 Å². The van der Waals surface area contributed by atoms with Crippen LogP contribution in [0.2, 0.25) is 5.02 Å². The molecule has 0 amide bonds. The molecule has 2 aromatic carbocycles. The van der Waals surface area contributed by atoms with E-state index in [1.54, 1.807) is 23.1 Å². The number of thiazole rings is 1. The first-order valence-electron chi connectivity index (χ1n) is 10.00. The molecule has 0 aliphatic carbocycles. The van der Waals surface area contributed by atoms with Crippen molar-refractivity contribution in [1.82, 2.24) is 19.7 Å². The molecule has 0 spiro atoms. The van der Waals surface area contributed by atoms with Crippen LogP contribution in [-0.2, 0) is 19.2 Å². The lowest BCUT2D eigenvalue weighted by atomic mass is 10.2. The molecule has 0 aliphatic heterocycles. The largest absolute Gasteiger partial charge is 0.493 e. The van der Waals surface area contributed by atoms with E-state index in [1.807, 2.05) is 50.4 Å². The first kappa shape index (κ1) is 21.9. The fourth-order valence-electron chi connectivity index (χ4n) is 3.10. The molecule has 5 nitrogen and oxygen atoms in total. The molecule has 0 fully saturated rings. The molecule has 2 aromatic heterocycles. The standard InChI is InChI=1S/C23H23ClN4OS2/c1-16-13-18(24)10-11-20(16)29-12-6-9-21-26-27-23(28(21)2)31-15-19-14-30-22(25-19)17-7-4-3-5-8-17/h3-5,7-8,10-11,13-14H,6,9,12,15H2,1-2H3. The molecule has 0 atom stereocenters. The highest BCUT2D eigenvalue weighted by Crippen LogP contribution is 2.27. The molecular formula is C23H23ClN4OS2. The van der Waals surface area contributed by atoms with Crippen LogP contribution in [0.1, 0.15) is 23.5 Å². The Labute approximate surface area is 195 Å². The second-order valence-electron chi connectivity index (χ2n) is 7.12. The molecular weight excluding hydrogens is 448 g/mol. The third-order valence-corrected chi connectivity index (χ3v) is 7.02. The van der Waals surface area contributed by atoms with Crippen molar-refractivity contribution in [2.45, 2.75) is 30.7 Å². The van der Waals surface area contributed by atoms with E-state index >= 15 is 0 Å². The minimum Gasteiger partial charge on any atom is -0.493 e. The summed E-state index contributed by atoms with van der Waals surface area (Å²) < 4.78 is 7.93. The molecule has 0 unspecified atom stereocenters. The van der Waals surface area contributed by atoms with Gasteiger partial charge < -0.3 is 9.30 Å². The summed E-state index contributed by atoms with van der Waals surface area (Å²) in [7, 11) is 2.01. The van der Waals surface area contributed by atoms with Crippen LogP contribution in [0.3, 0.4) is 0 Å². The number of benzene rings is 2. The van der Waals surface area contributed by atoms with Crippen molar-refractivity contribution >= 4 is 34.7 Å². The summed E-state index contributed by atoms with van der Waals surface area (Å²) >= 11 is 9.32. The zero-order chi connectivity index (χ0) is 21.6. The Morgan fingerprint density at radius 3 is 2.77 bits per heavy atom. The smallest absolute Gasteiger partial charge is 0.191 e. The SMILES string of the molecule is Cc1cc(Cl)ccc1OCCCc1nnc(SCc2csc(-c3ccccc3)n2)n1C. The van der Waals surface area contributed by atoms with Crippen LogP contribution in [0.25, 0.3) is 10.6 Å². The molecule has 4 rings (SSSR count). The lowest BCUT2D eigenvalue weighted by molar-refractivity contribution is 0.307. The van der Waals surface area contributed by atoms with Crippen molar-refractivity contribution in [2.75, 3.05) is 6.61 Å². The van der Waals surface area contributed by atoms with Gasteiger partial charge in [-0.2, -0.15) is 0 Å². The maximum atomic E-state index is 5.99. The van der Waals surface area contributed by atoms with Gasteiger partial charge in [-0.15, -0.1) is 21.5 Å². The van der Waals surface area contributed by atoms with E-state index in [0.717, 1.165) is 62.2 Å². The summed E-state index contributed by atoms with van der Waals surface area (Å²) in [6.45, 7) is 2.62. The van der Waals surface area contributed by atoms with Gasteiger partial charge in [0, 0.05) is 35.2 Å². The number of aryl methyl sites for hydroxylation is 2. The van der Waals surface area contributed by atoms with Crippen molar-refractivity contribution in [3.8, 4) is 16.3 Å². The lowest BCUT2D eigenvalue weighted by Gasteiger charge is -2.09. The Morgan fingerprint density at radius 1 is 1.13 bits per heavy atom. The van der Waals surface area contributed by atoms with E-state index in [0.29, 0.717) is 6.61 Å². The highest BCUT2D eigenvalue weighted by molar-refractivity contribution is 7.98. The molecule has 0 bridgehead atoms. The van der Waals surface area contributed by atoms with Gasteiger partial charge in [0.25, 0.3) is 0 Å². The van der Waals surface area contributed by atoms with Crippen molar-refractivity contribution in [3.63, 3.8) is 0 Å². The zero-order valence-electron chi connectivity index (χ0n) is 17.4. The van der Waals surface area contributed by atoms with Gasteiger partial charge in [0.2, 0.25) is 0 Å². The van der Waals surface area contributed by atoms with E-state index in [2.05, 4.69) is 32.3 Å². The number of rotatable bonds is 9. The quantitative estimate of drug-likeness (QED) is 0.215. The Kier molecular flexibility index (Phi) is 7.27. The third kappa shape index (κ3) is 5.67. The Bertz CT molecular complexity index is 1140. The van der Waals surface area contributed by atoms with Crippen LogP contribution in [0.4, 0.5) is 0 Å². The molecule has 31 heavy (non-hydrogen) atoms. The van der Waals surface area contributed by atoms with Gasteiger partial charge in [-0.25, -0.2) is 4.98 Å². The van der Waals surface area contributed by atoms with Crippen molar-refractivity contribution < 1.29 is 4.74 Å². The zero-order valence-corrected chi connectivity index (χ0v) is 19.8. The van der Waals surface area contributed by atoms with Gasteiger partial charge in [-0.05, 0) is 37.1 Å². The third-order valence-electron chi connectivity index (χ3n) is 4.79. The minimum atomic E-state index is 0.624. The molecule has 0 aliphatic rings. The summed E-state index contributed by atoms with van der Waals surface area (Å²) in [5, 5.41) is 13.5. The van der Waals surface area contributed by atoms with E-state index < -0.39 is 0 Å². The molecule has 4 aromatic rings. The molecule has 8 heteroatoms. The van der Waals surface area contributed by atoms with E-state index in [4.69, 9.17) is 21.3 Å². The average molecular weight is 471 g/mol. The summed E-state index contributed by atoms with van der Waals surface area (Å²) in [6, 6.07) is 15.9. The Balaban J connectivity index is 1.27. The fraction of sp³-hybridized carbons (Fsp3) is 0.261. The number of aromatic nitrogens is 4. The summed E-state index contributed by atoms with van der Waals surface area (Å²) in [6.07, 6.45) is 1.68. The number of hydrogen-bond acceptors (Lipinski definition) is 6. The molecule has 0 radical (unpaired) electrons. The number of hydrogen-bond donors (Lipinski definition) is 0. The summed E-state index contributed by atoms with van der Waals surface area (Å²) in [5.74, 6) is 2.60. The maximum absolute atomic E-state index is 5.99. The molecule has 0 saturated carbocycles. The van der Waals surface area contributed by atoms with Crippen molar-refractivity contribution in [3.05, 3.63) is 76.0 Å². The van der Waals surface area contributed by atoms with Crippen molar-refractivity contribution in [1.29, 1.82) is 0 Å². The molecule has 160 valence electrons. The number of thioether (sulfide) groups is 1. The van der Waals surface area contributed by atoms with Gasteiger partial charge in [0.1, 0.15) is 16.6 Å². The van der Waals surface area contributed by atoms with Crippen LogP contribution in [0, 0.1) is 6.92 Å². The maximum Gasteiger partial charge on any atom is 0.191 e. The van der Waals surface area contributed by atoms with Crippen LogP contribution in [0.5, 0.6) is 5.75 Å². The predicted molar refractivity (Wildman–Crippen MR) is 128 cm³/mol. The number of nitrogens with zero attached hydrogens (tertiary/aromatic N) is 4. The number of ether oxygens (including phenoxy) is 1. The normalized spacial score (nSPS) is 11.1. The molecule has 2 heterocycles. The summed E-state index contributed by atoms with van der Waals surface area (Å²) in [4.78, 5) is 4.75. The van der Waals surface area contributed by atoms with E-state index in [1.165, 1.54) is 0 Å².